The third-order valence-corrected chi connectivity index (χ3v) is 3.69. The summed E-state index contributed by atoms with van der Waals surface area (Å²) < 4.78 is 0. The van der Waals surface area contributed by atoms with Crippen LogP contribution in [-0.2, 0) is 0 Å². The molecule has 1 aromatic rings. The molecule has 0 saturated carbocycles. The van der Waals surface area contributed by atoms with Crippen molar-refractivity contribution in [2.75, 3.05) is 24.6 Å². The number of ketones is 1. The molecular weight excluding hydrogens is 226 g/mol. The first-order chi connectivity index (χ1) is 8.76. The fraction of sp³-hybridized carbons (Fsp3) is 0.533. The summed E-state index contributed by atoms with van der Waals surface area (Å²) in [5.41, 5.74) is 1.90. The van der Waals surface area contributed by atoms with Crippen LogP contribution in [0.25, 0.3) is 0 Å². The molecule has 98 valence electrons. The van der Waals surface area contributed by atoms with E-state index in [1.165, 1.54) is 0 Å². The number of carbonyl (C=O) groups is 1. The quantitative estimate of drug-likeness (QED) is 0.813. The van der Waals surface area contributed by atoms with Gasteiger partial charge in [-0.05, 0) is 30.9 Å². The second-order valence-electron chi connectivity index (χ2n) is 4.91. The lowest BCUT2D eigenvalue weighted by Gasteiger charge is -2.21. The number of aliphatic hydroxyl groups excluding tert-OH is 1. The minimum Gasteiger partial charge on any atom is -0.396 e. The highest BCUT2D eigenvalue weighted by Gasteiger charge is 2.24. The fourth-order valence-electron chi connectivity index (χ4n) is 2.65. The van der Waals surface area contributed by atoms with Crippen LogP contribution in [0.5, 0.6) is 0 Å². The van der Waals surface area contributed by atoms with Gasteiger partial charge in [0.15, 0.2) is 5.78 Å². The zero-order chi connectivity index (χ0) is 13.0. The predicted octanol–water partition coefficient (Wildman–Crippen LogP) is 2.49. The lowest BCUT2D eigenvalue weighted by molar-refractivity contribution is 0.0988. The van der Waals surface area contributed by atoms with Gasteiger partial charge in [0.1, 0.15) is 0 Å². The number of nitrogens with zero attached hydrogens (tertiary/aromatic N) is 1. The van der Waals surface area contributed by atoms with E-state index in [2.05, 4.69) is 4.90 Å². The number of aliphatic hydroxyl groups is 1. The van der Waals surface area contributed by atoms with Crippen LogP contribution in [0, 0.1) is 5.92 Å². The number of Topliss-reactive ketones (excluding diaryl/α,β-unsaturated/α-hetero) is 1. The number of hydrogen-bond donors (Lipinski definition) is 1. The maximum atomic E-state index is 11.9. The van der Waals surface area contributed by atoms with Crippen LogP contribution in [0.2, 0.25) is 0 Å². The summed E-state index contributed by atoms with van der Waals surface area (Å²) in [4.78, 5) is 14.2. The summed E-state index contributed by atoms with van der Waals surface area (Å²) in [7, 11) is 0. The summed E-state index contributed by atoms with van der Waals surface area (Å²) in [5.74, 6) is 0.760. The molecule has 1 aliphatic rings. The van der Waals surface area contributed by atoms with E-state index in [1.807, 2.05) is 31.2 Å². The summed E-state index contributed by atoms with van der Waals surface area (Å²) in [5, 5.41) is 8.99. The minimum absolute atomic E-state index is 0.205. The first kappa shape index (κ1) is 13.1. The number of carbonyl (C=O) groups excluding carboxylic acids is 1. The van der Waals surface area contributed by atoms with Crippen molar-refractivity contribution in [2.45, 2.75) is 26.2 Å². The Morgan fingerprint density at radius 3 is 2.94 bits per heavy atom. The number of benzene rings is 1. The Balaban J connectivity index is 2.16. The van der Waals surface area contributed by atoms with Gasteiger partial charge in [0.2, 0.25) is 0 Å². The largest absolute Gasteiger partial charge is 0.396 e. The Hall–Kier alpha value is -1.35. The van der Waals surface area contributed by atoms with Crippen molar-refractivity contribution in [3.05, 3.63) is 29.8 Å². The molecule has 1 unspecified atom stereocenters. The van der Waals surface area contributed by atoms with Crippen LogP contribution in [-0.4, -0.2) is 30.6 Å². The lowest BCUT2D eigenvalue weighted by atomic mass is 10.0. The van der Waals surface area contributed by atoms with Crippen LogP contribution in [0.1, 0.15) is 36.5 Å². The fourth-order valence-corrected chi connectivity index (χ4v) is 2.65. The molecular formula is C15H21NO2. The van der Waals surface area contributed by atoms with Crippen molar-refractivity contribution in [1.29, 1.82) is 0 Å². The van der Waals surface area contributed by atoms with Crippen molar-refractivity contribution in [3.63, 3.8) is 0 Å². The minimum atomic E-state index is 0.205. The second kappa shape index (κ2) is 6.01. The lowest BCUT2D eigenvalue weighted by Crippen LogP contribution is -2.22. The molecule has 2 rings (SSSR count). The molecule has 0 aromatic heterocycles. The van der Waals surface area contributed by atoms with Crippen LogP contribution in [0.3, 0.4) is 0 Å². The summed E-state index contributed by atoms with van der Waals surface area (Å²) in [6, 6.07) is 7.86. The first-order valence-corrected chi connectivity index (χ1v) is 6.74. The van der Waals surface area contributed by atoms with Gasteiger partial charge in [-0.2, -0.15) is 0 Å². The third kappa shape index (κ3) is 2.72. The molecule has 0 radical (unpaired) electrons. The SMILES string of the molecule is CCC(=O)c1ccccc1N1CCC(CCO)C1. The molecule has 1 fully saturated rings. The maximum absolute atomic E-state index is 11.9. The van der Waals surface area contributed by atoms with Gasteiger partial charge in [-0.3, -0.25) is 4.79 Å². The Labute approximate surface area is 108 Å². The average Bonchev–Trinajstić information content (AvgIpc) is 2.87. The Kier molecular flexibility index (Phi) is 4.37. The Morgan fingerprint density at radius 1 is 1.44 bits per heavy atom. The van der Waals surface area contributed by atoms with Gasteiger partial charge in [-0.15, -0.1) is 0 Å². The topological polar surface area (TPSA) is 40.5 Å². The van der Waals surface area contributed by atoms with E-state index in [1.54, 1.807) is 0 Å². The highest BCUT2D eigenvalue weighted by atomic mass is 16.3. The monoisotopic (exact) mass is 247 g/mol. The molecule has 0 amide bonds. The molecule has 0 spiro atoms. The summed E-state index contributed by atoms with van der Waals surface area (Å²) >= 11 is 0. The van der Waals surface area contributed by atoms with Gasteiger partial charge in [-0.25, -0.2) is 0 Å². The van der Waals surface area contributed by atoms with E-state index in [0.717, 1.165) is 37.2 Å². The van der Waals surface area contributed by atoms with E-state index in [4.69, 9.17) is 5.11 Å². The zero-order valence-electron chi connectivity index (χ0n) is 10.9. The standard InChI is InChI=1S/C15H21NO2/c1-2-15(18)13-5-3-4-6-14(13)16-9-7-12(11-16)8-10-17/h3-6,12,17H,2,7-11H2,1H3. The molecule has 1 N–H and O–H groups in total. The molecule has 1 saturated heterocycles. The number of anilines is 1. The van der Waals surface area contributed by atoms with E-state index in [9.17, 15) is 4.79 Å². The molecule has 3 nitrogen and oxygen atoms in total. The van der Waals surface area contributed by atoms with Crippen molar-refractivity contribution < 1.29 is 9.90 Å². The second-order valence-corrected chi connectivity index (χ2v) is 4.91. The van der Waals surface area contributed by atoms with Gasteiger partial charge in [-0.1, -0.05) is 19.1 Å². The molecule has 3 heteroatoms. The van der Waals surface area contributed by atoms with E-state index < -0.39 is 0 Å². The Morgan fingerprint density at radius 2 is 2.22 bits per heavy atom. The molecule has 1 aromatic carbocycles. The zero-order valence-corrected chi connectivity index (χ0v) is 10.9. The maximum Gasteiger partial charge on any atom is 0.164 e. The number of rotatable bonds is 5. The molecule has 1 atom stereocenters. The van der Waals surface area contributed by atoms with E-state index in [-0.39, 0.29) is 12.4 Å². The predicted molar refractivity (Wildman–Crippen MR) is 73.1 cm³/mol. The third-order valence-electron chi connectivity index (χ3n) is 3.69. The molecule has 18 heavy (non-hydrogen) atoms. The number of para-hydroxylation sites is 1. The smallest absolute Gasteiger partial charge is 0.164 e. The van der Waals surface area contributed by atoms with Crippen LogP contribution in [0.4, 0.5) is 5.69 Å². The molecule has 0 bridgehead atoms. The van der Waals surface area contributed by atoms with Crippen molar-refractivity contribution in [2.24, 2.45) is 5.92 Å². The van der Waals surface area contributed by atoms with Crippen molar-refractivity contribution >= 4 is 11.5 Å². The van der Waals surface area contributed by atoms with Crippen LogP contribution in [0.15, 0.2) is 24.3 Å². The summed E-state index contributed by atoms with van der Waals surface area (Å²) in [6.45, 7) is 4.10. The molecule has 1 heterocycles. The molecule has 0 aliphatic carbocycles. The highest BCUT2D eigenvalue weighted by molar-refractivity contribution is 6.01. The normalized spacial score (nSPS) is 19.2. The van der Waals surface area contributed by atoms with Gasteiger partial charge in [0.25, 0.3) is 0 Å². The van der Waals surface area contributed by atoms with Crippen LogP contribution >= 0.6 is 0 Å². The Bertz CT molecular complexity index is 417. The van der Waals surface area contributed by atoms with Crippen molar-refractivity contribution in [1.82, 2.24) is 0 Å². The number of hydrogen-bond acceptors (Lipinski definition) is 3. The van der Waals surface area contributed by atoms with Gasteiger partial charge in [0.05, 0.1) is 0 Å². The van der Waals surface area contributed by atoms with Crippen molar-refractivity contribution in [3.8, 4) is 0 Å². The average molecular weight is 247 g/mol. The van der Waals surface area contributed by atoms with Gasteiger partial charge >= 0.3 is 0 Å². The summed E-state index contributed by atoms with van der Waals surface area (Å²) in [6.07, 6.45) is 2.51. The van der Waals surface area contributed by atoms with Gasteiger partial charge < -0.3 is 10.0 Å². The first-order valence-electron chi connectivity index (χ1n) is 6.74. The molecule has 1 aliphatic heterocycles. The highest BCUT2D eigenvalue weighted by Crippen LogP contribution is 2.28. The van der Waals surface area contributed by atoms with Crippen LogP contribution < -0.4 is 4.90 Å². The van der Waals surface area contributed by atoms with E-state index >= 15 is 0 Å². The van der Waals surface area contributed by atoms with Gasteiger partial charge in [0, 0.05) is 37.4 Å². The van der Waals surface area contributed by atoms with E-state index in [0.29, 0.717) is 12.3 Å².